The number of hydrogen-bond donors (Lipinski definition) is 2. The van der Waals surface area contributed by atoms with Crippen LogP contribution >= 0.6 is 11.6 Å². The Balaban J connectivity index is 2.68. The number of halogens is 1. The Hall–Kier alpha value is -1.75. The first-order valence-electron chi connectivity index (χ1n) is 5.99. The highest BCUT2D eigenvalue weighted by Gasteiger charge is 2.20. The van der Waals surface area contributed by atoms with E-state index in [-0.39, 0.29) is 16.5 Å². The van der Waals surface area contributed by atoms with Crippen LogP contribution in [0.4, 0.5) is 5.69 Å². The molecule has 1 rings (SSSR count). The average Bonchev–Trinajstić information content (AvgIpc) is 2.38. The Morgan fingerprint density at radius 3 is 2.79 bits per heavy atom. The smallest absolute Gasteiger partial charge is 0.340 e. The van der Waals surface area contributed by atoms with Crippen molar-refractivity contribution in [1.82, 2.24) is 5.32 Å². The number of rotatable bonds is 5. The number of hydrogen-bond acceptors (Lipinski definition) is 4. The third-order valence-electron chi connectivity index (χ3n) is 2.41. The van der Waals surface area contributed by atoms with E-state index < -0.39 is 12.1 Å². The van der Waals surface area contributed by atoms with Crippen molar-refractivity contribution in [2.75, 3.05) is 12.3 Å². The number of nitrogens with two attached hydrogens (primary N) is 1. The van der Waals surface area contributed by atoms with Gasteiger partial charge in [0.15, 0.2) is 6.10 Å². The number of nitrogens with one attached hydrogen (secondary N) is 1. The fraction of sp³-hybridized carbons (Fsp3) is 0.385. The molecule has 0 aliphatic carbocycles. The molecule has 6 heteroatoms. The predicted molar refractivity (Wildman–Crippen MR) is 74.0 cm³/mol. The van der Waals surface area contributed by atoms with E-state index in [0.717, 1.165) is 6.42 Å². The summed E-state index contributed by atoms with van der Waals surface area (Å²) in [5.74, 6) is -1.01. The number of anilines is 1. The maximum absolute atomic E-state index is 11.9. The summed E-state index contributed by atoms with van der Waals surface area (Å²) in [4.78, 5) is 23.4. The van der Waals surface area contributed by atoms with Crippen LogP contribution in [0.1, 0.15) is 30.6 Å². The first-order chi connectivity index (χ1) is 8.95. The molecule has 0 fully saturated rings. The standard InChI is InChI=1S/C13H17ClN2O3/c1-3-6-16-12(17)8(2)19-13(18)10-7-9(15)4-5-11(10)14/h4-5,7-8H,3,6,15H2,1-2H3,(H,16,17). The SMILES string of the molecule is CCCNC(=O)C(C)OC(=O)c1cc(N)ccc1Cl. The van der Waals surface area contributed by atoms with Gasteiger partial charge in [-0.1, -0.05) is 18.5 Å². The van der Waals surface area contributed by atoms with E-state index in [2.05, 4.69) is 5.32 Å². The summed E-state index contributed by atoms with van der Waals surface area (Å²) in [5.41, 5.74) is 6.13. The number of nitrogen functional groups attached to an aromatic ring is 1. The molecule has 0 radical (unpaired) electrons. The fourth-order valence-electron chi connectivity index (χ4n) is 1.37. The molecule has 19 heavy (non-hydrogen) atoms. The van der Waals surface area contributed by atoms with Gasteiger partial charge in [-0.3, -0.25) is 4.79 Å². The molecular weight excluding hydrogens is 268 g/mol. The van der Waals surface area contributed by atoms with Crippen molar-refractivity contribution in [3.63, 3.8) is 0 Å². The monoisotopic (exact) mass is 284 g/mol. The number of benzene rings is 1. The average molecular weight is 285 g/mol. The van der Waals surface area contributed by atoms with Gasteiger partial charge in [-0.15, -0.1) is 0 Å². The molecule has 1 aromatic rings. The van der Waals surface area contributed by atoms with Gasteiger partial charge in [-0.2, -0.15) is 0 Å². The summed E-state index contributed by atoms with van der Waals surface area (Å²) >= 11 is 5.88. The third-order valence-corrected chi connectivity index (χ3v) is 2.74. The van der Waals surface area contributed by atoms with E-state index in [4.69, 9.17) is 22.1 Å². The van der Waals surface area contributed by atoms with Crippen molar-refractivity contribution in [1.29, 1.82) is 0 Å². The van der Waals surface area contributed by atoms with Gasteiger partial charge in [0, 0.05) is 12.2 Å². The van der Waals surface area contributed by atoms with Gasteiger partial charge < -0.3 is 15.8 Å². The van der Waals surface area contributed by atoms with E-state index >= 15 is 0 Å². The second-order valence-electron chi connectivity index (χ2n) is 4.08. The zero-order valence-corrected chi connectivity index (χ0v) is 11.7. The predicted octanol–water partition coefficient (Wildman–Crippen LogP) is 1.99. The second kappa shape index (κ2) is 6.99. The number of esters is 1. The largest absolute Gasteiger partial charge is 0.449 e. The topological polar surface area (TPSA) is 81.4 Å². The van der Waals surface area contributed by atoms with E-state index in [1.54, 1.807) is 6.07 Å². The highest BCUT2D eigenvalue weighted by molar-refractivity contribution is 6.33. The molecule has 1 unspecified atom stereocenters. The molecule has 1 atom stereocenters. The Bertz CT molecular complexity index is 477. The first-order valence-corrected chi connectivity index (χ1v) is 6.37. The zero-order valence-electron chi connectivity index (χ0n) is 10.9. The third kappa shape index (κ3) is 4.44. The van der Waals surface area contributed by atoms with Gasteiger partial charge in [0.1, 0.15) is 0 Å². The van der Waals surface area contributed by atoms with Crippen LogP contribution in [0.2, 0.25) is 5.02 Å². The lowest BCUT2D eigenvalue weighted by Gasteiger charge is -2.13. The molecule has 0 saturated heterocycles. The van der Waals surface area contributed by atoms with Gasteiger partial charge in [0.05, 0.1) is 10.6 Å². The molecule has 5 nitrogen and oxygen atoms in total. The minimum Gasteiger partial charge on any atom is -0.449 e. The summed E-state index contributed by atoms with van der Waals surface area (Å²) < 4.78 is 5.04. The molecule has 104 valence electrons. The van der Waals surface area contributed by atoms with Crippen LogP contribution < -0.4 is 11.1 Å². The number of amides is 1. The molecule has 0 heterocycles. The summed E-state index contributed by atoms with van der Waals surface area (Å²) in [6, 6.07) is 4.51. The molecule has 0 bridgehead atoms. The highest BCUT2D eigenvalue weighted by Crippen LogP contribution is 2.20. The minimum atomic E-state index is -0.878. The van der Waals surface area contributed by atoms with E-state index in [0.29, 0.717) is 12.2 Å². The van der Waals surface area contributed by atoms with Gasteiger partial charge in [-0.25, -0.2) is 4.79 Å². The normalized spacial score (nSPS) is 11.7. The fourth-order valence-corrected chi connectivity index (χ4v) is 1.56. The first kappa shape index (κ1) is 15.3. The molecule has 0 aliphatic heterocycles. The molecule has 0 spiro atoms. The minimum absolute atomic E-state index is 0.150. The van der Waals surface area contributed by atoms with E-state index in [9.17, 15) is 9.59 Å². The number of carbonyl (C=O) groups is 2. The summed E-state index contributed by atoms with van der Waals surface area (Å²) in [6.07, 6.45) is -0.0652. The van der Waals surface area contributed by atoms with Gasteiger partial charge in [0.2, 0.25) is 0 Å². The van der Waals surface area contributed by atoms with Crippen molar-refractivity contribution < 1.29 is 14.3 Å². The number of carbonyl (C=O) groups excluding carboxylic acids is 2. The van der Waals surface area contributed by atoms with Crippen LogP contribution in [0.25, 0.3) is 0 Å². The van der Waals surface area contributed by atoms with Crippen LogP contribution in [0, 0.1) is 0 Å². The molecule has 0 aliphatic rings. The highest BCUT2D eigenvalue weighted by atomic mass is 35.5. The Kier molecular flexibility index (Phi) is 5.63. The van der Waals surface area contributed by atoms with Crippen LogP contribution in [-0.2, 0) is 9.53 Å². The molecule has 3 N–H and O–H groups in total. The van der Waals surface area contributed by atoms with Crippen LogP contribution in [0.5, 0.6) is 0 Å². The van der Waals surface area contributed by atoms with Crippen molar-refractivity contribution >= 4 is 29.2 Å². The Morgan fingerprint density at radius 2 is 2.16 bits per heavy atom. The Labute approximate surface area is 117 Å². The number of ether oxygens (including phenoxy) is 1. The van der Waals surface area contributed by atoms with Crippen molar-refractivity contribution in [3.8, 4) is 0 Å². The lowest BCUT2D eigenvalue weighted by Crippen LogP contribution is -2.36. The van der Waals surface area contributed by atoms with Crippen LogP contribution in [0.3, 0.4) is 0 Å². The van der Waals surface area contributed by atoms with Crippen molar-refractivity contribution in [3.05, 3.63) is 28.8 Å². The summed E-state index contributed by atoms with van der Waals surface area (Å²) in [5, 5.41) is 2.88. The molecule has 0 saturated carbocycles. The van der Waals surface area contributed by atoms with E-state index in [1.165, 1.54) is 19.1 Å². The van der Waals surface area contributed by atoms with Crippen molar-refractivity contribution in [2.45, 2.75) is 26.4 Å². The molecule has 0 aromatic heterocycles. The van der Waals surface area contributed by atoms with Crippen molar-refractivity contribution in [2.24, 2.45) is 0 Å². The maximum Gasteiger partial charge on any atom is 0.340 e. The molecule has 1 aromatic carbocycles. The lowest BCUT2D eigenvalue weighted by atomic mass is 10.2. The second-order valence-corrected chi connectivity index (χ2v) is 4.49. The maximum atomic E-state index is 11.9. The zero-order chi connectivity index (χ0) is 14.4. The Morgan fingerprint density at radius 1 is 1.47 bits per heavy atom. The molecule has 1 amide bonds. The summed E-state index contributed by atoms with van der Waals surface area (Å²) in [6.45, 7) is 3.98. The van der Waals surface area contributed by atoms with Gasteiger partial charge >= 0.3 is 5.97 Å². The molecular formula is C13H17ClN2O3. The van der Waals surface area contributed by atoms with Crippen LogP contribution in [0.15, 0.2) is 18.2 Å². The lowest BCUT2D eigenvalue weighted by molar-refractivity contribution is -0.129. The summed E-state index contributed by atoms with van der Waals surface area (Å²) in [7, 11) is 0. The quantitative estimate of drug-likeness (QED) is 0.640. The van der Waals surface area contributed by atoms with Gasteiger partial charge in [0.25, 0.3) is 5.91 Å². The van der Waals surface area contributed by atoms with Crippen LogP contribution in [-0.4, -0.2) is 24.5 Å². The van der Waals surface area contributed by atoms with E-state index in [1.807, 2.05) is 6.92 Å². The van der Waals surface area contributed by atoms with Gasteiger partial charge in [-0.05, 0) is 31.5 Å².